The molecule has 0 radical (unpaired) electrons. The van der Waals surface area contributed by atoms with Gasteiger partial charge in [0.2, 0.25) is 5.91 Å². The molecule has 3 rings (SSSR count). The summed E-state index contributed by atoms with van der Waals surface area (Å²) in [6, 6.07) is 5.71. The number of benzene rings is 1. The minimum absolute atomic E-state index is 0.0796. The summed E-state index contributed by atoms with van der Waals surface area (Å²) in [5, 5.41) is 19.8. The third-order valence-corrected chi connectivity index (χ3v) is 4.88. The molecule has 0 saturated heterocycles. The van der Waals surface area contributed by atoms with Gasteiger partial charge in [0.15, 0.2) is 0 Å². The van der Waals surface area contributed by atoms with Crippen molar-refractivity contribution in [2.75, 3.05) is 11.9 Å². The highest BCUT2D eigenvalue weighted by Crippen LogP contribution is 2.18. The topological polar surface area (TPSA) is 114 Å². The molecule has 0 atom stereocenters. The first-order valence-electron chi connectivity index (χ1n) is 9.80. The van der Waals surface area contributed by atoms with Crippen molar-refractivity contribution < 1.29 is 9.59 Å². The Balaban J connectivity index is 1.36. The largest absolute Gasteiger partial charge is 0.338 e. The number of carbonyl (C=O) groups excluding carboxylic acids is 2. The van der Waals surface area contributed by atoms with Crippen LogP contribution in [0, 0.1) is 6.92 Å². The maximum absolute atomic E-state index is 12.1. The second kappa shape index (κ2) is 9.82. The van der Waals surface area contributed by atoms with E-state index in [0.717, 1.165) is 29.8 Å². The predicted molar refractivity (Wildman–Crippen MR) is 105 cm³/mol. The van der Waals surface area contributed by atoms with Crippen molar-refractivity contribution in [1.82, 2.24) is 30.8 Å². The van der Waals surface area contributed by atoms with Gasteiger partial charge >= 0.3 is 6.03 Å². The smallest absolute Gasteiger partial charge is 0.315 e. The van der Waals surface area contributed by atoms with Crippen LogP contribution >= 0.6 is 0 Å². The summed E-state index contributed by atoms with van der Waals surface area (Å²) in [5.41, 5.74) is 2.53. The van der Waals surface area contributed by atoms with Crippen molar-refractivity contribution in [3.05, 3.63) is 30.1 Å². The molecule has 1 heterocycles. The van der Waals surface area contributed by atoms with Gasteiger partial charge in [-0.3, -0.25) is 4.79 Å². The fourth-order valence-corrected chi connectivity index (χ4v) is 3.42. The van der Waals surface area contributed by atoms with Gasteiger partial charge in [0, 0.05) is 24.7 Å². The van der Waals surface area contributed by atoms with E-state index in [2.05, 4.69) is 31.5 Å². The highest BCUT2D eigenvalue weighted by Gasteiger charge is 2.15. The Kier molecular flexibility index (Phi) is 6.94. The molecule has 1 saturated carbocycles. The standard InChI is InChI=1S/C19H27N7O2/c1-14-12-16(9-10-17(14)26-13-21-24-25-26)22-18(27)8-5-11-20-19(28)23-15-6-3-2-4-7-15/h9-10,12-13,15H,2-8,11H2,1H3,(H,22,27)(H2,20,23,28). The molecule has 0 unspecified atom stereocenters. The Morgan fingerprint density at radius 3 is 2.75 bits per heavy atom. The van der Waals surface area contributed by atoms with Crippen molar-refractivity contribution in [3.63, 3.8) is 0 Å². The third kappa shape index (κ3) is 5.77. The van der Waals surface area contributed by atoms with Crippen molar-refractivity contribution >= 4 is 17.6 Å². The highest BCUT2D eigenvalue weighted by molar-refractivity contribution is 5.91. The van der Waals surface area contributed by atoms with E-state index in [4.69, 9.17) is 0 Å². The SMILES string of the molecule is Cc1cc(NC(=O)CCCNC(=O)NC2CCCCC2)ccc1-n1cnnn1. The molecule has 150 valence electrons. The van der Waals surface area contributed by atoms with E-state index < -0.39 is 0 Å². The zero-order valence-corrected chi connectivity index (χ0v) is 16.1. The summed E-state index contributed by atoms with van der Waals surface area (Å²) in [4.78, 5) is 24.0. The first-order valence-corrected chi connectivity index (χ1v) is 9.80. The molecule has 0 bridgehead atoms. The van der Waals surface area contributed by atoms with Crippen LogP contribution in [0.5, 0.6) is 0 Å². The minimum Gasteiger partial charge on any atom is -0.338 e. The second-order valence-corrected chi connectivity index (χ2v) is 7.14. The summed E-state index contributed by atoms with van der Waals surface area (Å²) in [6.07, 6.45) is 8.20. The van der Waals surface area contributed by atoms with Gasteiger partial charge in [-0.25, -0.2) is 9.48 Å². The summed E-state index contributed by atoms with van der Waals surface area (Å²) in [7, 11) is 0. The molecular weight excluding hydrogens is 358 g/mol. The monoisotopic (exact) mass is 385 g/mol. The Labute approximate surface area is 164 Å². The molecule has 28 heavy (non-hydrogen) atoms. The van der Waals surface area contributed by atoms with Gasteiger partial charge in [0.25, 0.3) is 0 Å². The normalized spacial score (nSPS) is 14.5. The third-order valence-electron chi connectivity index (χ3n) is 4.88. The zero-order chi connectivity index (χ0) is 19.8. The molecule has 1 fully saturated rings. The molecule has 2 aromatic rings. The molecule has 1 aliphatic rings. The van der Waals surface area contributed by atoms with Crippen LogP contribution in [-0.2, 0) is 4.79 Å². The van der Waals surface area contributed by atoms with Crippen molar-refractivity contribution in [2.45, 2.75) is 57.9 Å². The molecule has 1 aromatic carbocycles. The Morgan fingerprint density at radius 2 is 2.04 bits per heavy atom. The lowest BCUT2D eigenvalue weighted by Gasteiger charge is -2.22. The van der Waals surface area contributed by atoms with Gasteiger partial charge in [0.05, 0.1) is 5.69 Å². The fourth-order valence-electron chi connectivity index (χ4n) is 3.42. The number of amides is 3. The number of nitrogens with one attached hydrogen (secondary N) is 3. The van der Waals surface area contributed by atoms with Crippen molar-refractivity contribution in [1.29, 1.82) is 0 Å². The number of nitrogens with zero attached hydrogens (tertiary/aromatic N) is 4. The second-order valence-electron chi connectivity index (χ2n) is 7.14. The number of urea groups is 1. The number of hydrogen-bond donors (Lipinski definition) is 3. The average molecular weight is 385 g/mol. The van der Waals surface area contributed by atoms with Crippen LogP contribution in [-0.4, -0.2) is 44.7 Å². The summed E-state index contributed by atoms with van der Waals surface area (Å²) < 4.78 is 1.57. The van der Waals surface area contributed by atoms with Gasteiger partial charge in [0.1, 0.15) is 6.33 Å². The molecule has 1 aliphatic carbocycles. The number of rotatable bonds is 7. The van der Waals surface area contributed by atoms with E-state index in [1.807, 2.05) is 25.1 Å². The first kappa shape index (κ1) is 19.8. The van der Waals surface area contributed by atoms with E-state index in [0.29, 0.717) is 19.4 Å². The maximum Gasteiger partial charge on any atom is 0.315 e. The van der Waals surface area contributed by atoms with Gasteiger partial charge in [-0.2, -0.15) is 0 Å². The van der Waals surface area contributed by atoms with Crippen LogP contribution in [0.2, 0.25) is 0 Å². The van der Waals surface area contributed by atoms with Crippen molar-refractivity contribution in [3.8, 4) is 5.69 Å². The number of aromatic nitrogens is 4. The average Bonchev–Trinajstić information content (AvgIpc) is 3.20. The van der Waals surface area contributed by atoms with E-state index in [9.17, 15) is 9.59 Å². The highest BCUT2D eigenvalue weighted by atomic mass is 16.2. The number of tetrazole rings is 1. The van der Waals surface area contributed by atoms with E-state index >= 15 is 0 Å². The van der Waals surface area contributed by atoms with Gasteiger partial charge < -0.3 is 16.0 Å². The fraction of sp³-hybridized carbons (Fsp3) is 0.526. The van der Waals surface area contributed by atoms with Gasteiger partial charge in [-0.1, -0.05) is 19.3 Å². The molecule has 9 heteroatoms. The molecular formula is C19H27N7O2. The lowest BCUT2D eigenvalue weighted by molar-refractivity contribution is -0.116. The van der Waals surface area contributed by atoms with Crippen LogP contribution in [0.15, 0.2) is 24.5 Å². The zero-order valence-electron chi connectivity index (χ0n) is 16.1. The van der Waals surface area contributed by atoms with Crippen LogP contribution in [0.1, 0.15) is 50.5 Å². The van der Waals surface area contributed by atoms with Gasteiger partial charge in [-0.05, 0) is 60.4 Å². The van der Waals surface area contributed by atoms with Crippen molar-refractivity contribution in [2.24, 2.45) is 0 Å². The summed E-state index contributed by atoms with van der Waals surface area (Å²) >= 11 is 0. The molecule has 0 aliphatic heterocycles. The number of hydrogen-bond acceptors (Lipinski definition) is 5. The molecule has 1 aromatic heterocycles. The van der Waals surface area contributed by atoms with Crippen LogP contribution in [0.3, 0.4) is 0 Å². The minimum atomic E-state index is -0.138. The van der Waals surface area contributed by atoms with E-state index in [1.165, 1.54) is 25.6 Å². The number of anilines is 1. The first-order chi connectivity index (χ1) is 13.6. The van der Waals surface area contributed by atoms with Crippen LogP contribution in [0.25, 0.3) is 5.69 Å². The Bertz CT molecular complexity index is 786. The lowest BCUT2D eigenvalue weighted by atomic mass is 9.96. The van der Waals surface area contributed by atoms with E-state index in [1.54, 1.807) is 4.68 Å². The molecule has 9 nitrogen and oxygen atoms in total. The van der Waals surface area contributed by atoms with Gasteiger partial charge in [-0.15, -0.1) is 5.10 Å². The quantitative estimate of drug-likeness (QED) is 0.633. The molecule has 3 amide bonds. The number of aryl methyl sites for hydroxylation is 1. The van der Waals surface area contributed by atoms with Crippen LogP contribution in [0.4, 0.5) is 10.5 Å². The Morgan fingerprint density at radius 1 is 1.21 bits per heavy atom. The van der Waals surface area contributed by atoms with Crippen LogP contribution < -0.4 is 16.0 Å². The predicted octanol–water partition coefficient (Wildman–Crippen LogP) is 2.32. The molecule has 3 N–H and O–H groups in total. The lowest BCUT2D eigenvalue weighted by Crippen LogP contribution is -2.43. The maximum atomic E-state index is 12.1. The molecule has 0 spiro atoms. The summed E-state index contributed by atoms with van der Waals surface area (Å²) in [6.45, 7) is 2.41. The Hall–Kier alpha value is -2.97. The van der Waals surface area contributed by atoms with E-state index in [-0.39, 0.29) is 18.0 Å². The summed E-state index contributed by atoms with van der Waals surface area (Å²) in [5.74, 6) is -0.0796. The number of carbonyl (C=O) groups is 2.